The molecule has 0 amide bonds. The minimum atomic E-state index is -3.47. The zero-order chi connectivity index (χ0) is 15.3. The minimum Gasteiger partial charge on any atom is -0.313 e. The van der Waals surface area contributed by atoms with E-state index in [0.29, 0.717) is 25.6 Å². The number of sulfonamides is 1. The molecule has 1 aliphatic rings. The van der Waals surface area contributed by atoms with Gasteiger partial charge in [-0.05, 0) is 38.1 Å². The second-order valence-electron chi connectivity index (χ2n) is 5.71. The molecule has 0 atom stereocenters. The average molecular weight is 314 g/mol. The number of hydrogen-bond acceptors (Lipinski definition) is 4. The Morgan fingerprint density at radius 3 is 2.76 bits per heavy atom. The van der Waals surface area contributed by atoms with Crippen molar-refractivity contribution < 1.29 is 8.42 Å². The first-order chi connectivity index (χ1) is 10.1. The molecule has 21 heavy (non-hydrogen) atoms. The van der Waals surface area contributed by atoms with Gasteiger partial charge in [0.2, 0.25) is 0 Å². The lowest BCUT2D eigenvalue weighted by molar-refractivity contribution is 0.393. The molecule has 1 saturated carbocycles. The van der Waals surface area contributed by atoms with E-state index in [2.05, 4.69) is 22.4 Å². The lowest BCUT2D eigenvalue weighted by atomic mass is 10.3. The third-order valence-electron chi connectivity index (χ3n) is 3.65. The molecule has 0 saturated heterocycles. The van der Waals surface area contributed by atoms with Crippen molar-refractivity contribution in [3.63, 3.8) is 0 Å². The molecule has 1 fully saturated rings. The van der Waals surface area contributed by atoms with Crippen LogP contribution >= 0.6 is 0 Å². The Morgan fingerprint density at radius 2 is 2.14 bits per heavy atom. The second-order valence-corrected chi connectivity index (χ2v) is 7.58. The first-order valence-corrected chi connectivity index (χ1v) is 9.26. The van der Waals surface area contributed by atoms with Crippen LogP contribution in [0.3, 0.4) is 0 Å². The smallest absolute Gasteiger partial charge is 0.260 e. The SMILES string of the molecule is CCCNCc1cn[nH]c1S(=O)(=O)N(CCC)CC1CC1. The molecule has 1 aliphatic carbocycles. The van der Waals surface area contributed by atoms with Gasteiger partial charge in [-0.15, -0.1) is 0 Å². The Hall–Kier alpha value is -0.920. The third kappa shape index (κ3) is 4.28. The highest BCUT2D eigenvalue weighted by molar-refractivity contribution is 7.89. The van der Waals surface area contributed by atoms with E-state index in [-0.39, 0.29) is 5.03 Å². The van der Waals surface area contributed by atoms with E-state index in [1.165, 1.54) is 0 Å². The van der Waals surface area contributed by atoms with E-state index in [9.17, 15) is 8.42 Å². The van der Waals surface area contributed by atoms with Gasteiger partial charge in [0.15, 0.2) is 5.03 Å². The van der Waals surface area contributed by atoms with Crippen LogP contribution in [0.4, 0.5) is 0 Å². The molecule has 0 unspecified atom stereocenters. The number of aromatic nitrogens is 2. The Labute approximate surface area is 127 Å². The van der Waals surface area contributed by atoms with E-state index in [0.717, 1.165) is 37.8 Å². The maximum Gasteiger partial charge on any atom is 0.260 e. The highest BCUT2D eigenvalue weighted by atomic mass is 32.2. The molecule has 120 valence electrons. The second kappa shape index (κ2) is 7.38. The average Bonchev–Trinajstić information content (AvgIpc) is 3.14. The molecule has 2 rings (SSSR count). The molecular formula is C14H26N4O2S. The lowest BCUT2D eigenvalue weighted by Gasteiger charge is -2.21. The number of nitrogens with zero attached hydrogens (tertiary/aromatic N) is 2. The molecule has 0 spiro atoms. The summed E-state index contributed by atoms with van der Waals surface area (Å²) in [6.45, 7) is 6.69. The molecule has 0 bridgehead atoms. The van der Waals surface area contributed by atoms with Crippen molar-refractivity contribution in [2.75, 3.05) is 19.6 Å². The van der Waals surface area contributed by atoms with Gasteiger partial charge < -0.3 is 5.32 Å². The molecule has 2 N–H and O–H groups in total. The first kappa shape index (κ1) is 16.5. The van der Waals surface area contributed by atoms with Gasteiger partial charge in [0.05, 0.1) is 6.20 Å². The maximum atomic E-state index is 12.8. The summed E-state index contributed by atoms with van der Waals surface area (Å²) >= 11 is 0. The quantitative estimate of drug-likeness (QED) is 0.645. The largest absolute Gasteiger partial charge is 0.313 e. The van der Waals surface area contributed by atoms with Gasteiger partial charge in [-0.25, -0.2) is 8.42 Å². The summed E-state index contributed by atoms with van der Waals surface area (Å²) in [5.41, 5.74) is 0.723. The molecule has 1 aromatic heterocycles. The Bertz CT molecular complexity index is 537. The summed E-state index contributed by atoms with van der Waals surface area (Å²) in [7, 11) is -3.47. The molecule has 1 aromatic rings. The van der Waals surface area contributed by atoms with Crippen molar-refractivity contribution in [3.8, 4) is 0 Å². The molecule has 0 aliphatic heterocycles. The fourth-order valence-corrected chi connectivity index (χ4v) is 4.04. The zero-order valence-corrected chi connectivity index (χ0v) is 13.7. The van der Waals surface area contributed by atoms with E-state index < -0.39 is 10.0 Å². The minimum absolute atomic E-state index is 0.250. The van der Waals surface area contributed by atoms with Crippen molar-refractivity contribution in [2.45, 2.75) is 51.1 Å². The van der Waals surface area contributed by atoms with Gasteiger partial charge >= 0.3 is 0 Å². The van der Waals surface area contributed by atoms with Crippen LogP contribution in [0.15, 0.2) is 11.2 Å². The summed E-state index contributed by atoms with van der Waals surface area (Å²) in [5, 5.41) is 10.1. The number of aromatic amines is 1. The van der Waals surface area contributed by atoms with Crippen LogP contribution in [0.2, 0.25) is 0 Å². The normalized spacial score (nSPS) is 15.8. The van der Waals surface area contributed by atoms with Crippen LogP contribution in [0, 0.1) is 5.92 Å². The van der Waals surface area contributed by atoms with Crippen molar-refractivity contribution in [1.82, 2.24) is 19.8 Å². The van der Waals surface area contributed by atoms with Gasteiger partial charge in [-0.2, -0.15) is 9.40 Å². The highest BCUT2D eigenvalue weighted by Gasteiger charge is 2.33. The lowest BCUT2D eigenvalue weighted by Crippen LogP contribution is -2.34. The van der Waals surface area contributed by atoms with E-state index in [1.54, 1.807) is 10.5 Å². The Morgan fingerprint density at radius 1 is 1.38 bits per heavy atom. The summed E-state index contributed by atoms with van der Waals surface area (Å²) < 4.78 is 27.3. The predicted molar refractivity (Wildman–Crippen MR) is 82.4 cm³/mol. The number of H-pyrrole nitrogens is 1. The van der Waals surface area contributed by atoms with Crippen LogP contribution in [0.5, 0.6) is 0 Å². The van der Waals surface area contributed by atoms with Crippen molar-refractivity contribution >= 4 is 10.0 Å². The van der Waals surface area contributed by atoms with E-state index >= 15 is 0 Å². The summed E-state index contributed by atoms with van der Waals surface area (Å²) in [5.74, 6) is 0.538. The third-order valence-corrected chi connectivity index (χ3v) is 5.53. The van der Waals surface area contributed by atoms with Crippen molar-refractivity contribution in [1.29, 1.82) is 0 Å². The number of hydrogen-bond donors (Lipinski definition) is 2. The van der Waals surface area contributed by atoms with Gasteiger partial charge in [0.25, 0.3) is 10.0 Å². The van der Waals surface area contributed by atoms with Gasteiger partial charge in [-0.1, -0.05) is 13.8 Å². The monoisotopic (exact) mass is 314 g/mol. The van der Waals surface area contributed by atoms with Crippen LogP contribution < -0.4 is 5.32 Å². The molecule has 7 heteroatoms. The topological polar surface area (TPSA) is 78.1 Å². The van der Waals surface area contributed by atoms with Gasteiger partial charge in [-0.3, -0.25) is 5.10 Å². The molecule has 1 heterocycles. The van der Waals surface area contributed by atoms with Crippen molar-refractivity contribution in [2.24, 2.45) is 5.92 Å². The Kier molecular flexibility index (Phi) is 5.78. The van der Waals surface area contributed by atoms with Gasteiger partial charge in [0, 0.05) is 25.2 Å². The van der Waals surface area contributed by atoms with E-state index in [4.69, 9.17) is 0 Å². The summed E-state index contributed by atoms with van der Waals surface area (Å²) in [6, 6.07) is 0. The molecule has 0 aromatic carbocycles. The molecular weight excluding hydrogens is 288 g/mol. The Balaban J connectivity index is 2.14. The van der Waals surface area contributed by atoms with Crippen LogP contribution in [0.25, 0.3) is 0 Å². The maximum absolute atomic E-state index is 12.8. The van der Waals surface area contributed by atoms with Crippen LogP contribution in [-0.2, 0) is 16.6 Å². The molecule has 6 nitrogen and oxygen atoms in total. The molecule has 0 radical (unpaired) electrons. The van der Waals surface area contributed by atoms with Crippen molar-refractivity contribution in [3.05, 3.63) is 11.8 Å². The zero-order valence-electron chi connectivity index (χ0n) is 12.9. The summed E-state index contributed by atoms with van der Waals surface area (Å²) in [4.78, 5) is 0. The number of nitrogens with one attached hydrogen (secondary N) is 2. The fraction of sp³-hybridized carbons (Fsp3) is 0.786. The van der Waals surface area contributed by atoms with Crippen LogP contribution in [-0.4, -0.2) is 42.6 Å². The summed E-state index contributed by atoms with van der Waals surface area (Å²) in [6.07, 6.45) is 5.73. The first-order valence-electron chi connectivity index (χ1n) is 7.82. The van der Waals surface area contributed by atoms with E-state index in [1.807, 2.05) is 6.92 Å². The number of rotatable bonds is 10. The van der Waals surface area contributed by atoms with Crippen LogP contribution in [0.1, 0.15) is 45.1 Å². The predicted octanol–water partition coefficient (Wildman–Crippen LogP) is 1.72. The highest BCUT2D eigenvalue weighted by Crippen LogP contribution is 2.31. The standard InChI is InChI=1S/C14H26N4O2S/c1-3-7-15-9-13-10-16-17-14(13)21(19,20)18(8-4-2)11-12-5-6-12/h10,12,15H,3-9,11H2,1-2H3,(H,16,17). The fourth-order valence-electron chi connectivity index (χ4n) is 2.32. The van der Waals surface area contributed by atoms with Gasteiger partial charge in [0.1, 0.15) is 0 Å².